The van der Waals surface area contributed by atoms with Crippen molar-refractivity contribution in [3.8, 4) is 0 Å². The molecule has 1 atom stereocenters. The van der Waals surface area contributed by atoms with Crippen LogP contribution >= 0.6 is 23.2 Å². The van der Waals surface area contributed by atoms with Crippen LogP contribution in [0.3, 0.4) is 0 Å². The molecule has 1 unspecified atom stereocenters. The Labute approximate surface area is 120 Å². The maximum atomic E-state index is 13.5. The number of nitrogens with one attached hydrogen (secondary N) is 1. The van der Waals surface area contributed by atoms with Crippen LogP contribution in [0.5, 0.6) is 0 Å². The molecule has 7 heteroatoms. The number of carboxylic acid groups (broad SMARTS) is 1. The van der Waals surface area contributed by atoms with Crippen LogP contribution in [0.1, 0.15) is 12.5 Å². The number of carboxylic acids is 1. The van der Waals surface area contributed by atoms with Gasteiger partial charge in [-0.1, -0.05) is 23.2 Å². The van der Waals surface area contributed by atoms with E-state index in [9.17, 15) is 14.3 Å². The standard InChI is InChI=1S/C12H14Cl2FNO3/c1-12(11(17)18,16-3-4-19-2)7-5-10(15)9(14)6-8(7)13/h5-6,16H,3-4H2,1-2H3,(H,17,18). The summed E-state index contributed by atoms with van der Waals surface area (Å²) in [6.45, 7) is 2.00. The SMILES string of the molecule is COCCNC(C)(C(=O)O)c1cc(F)c(Cl)cc1Cl. The Balaban J connectivity index is 3.18. The molecule has 0 saturated heterocycles. The molecule has 2 N–H and O–H groups in total. The smallest absolute Gasteiger partial charge is 0.328 e. The number of methoxy groups -OCH3 is 1. The molecule has 0 radical (unpaired) electrons. The van der Waals surface area contributed by atoms with Gasteiger partial charge in [-0.25, -0.2) is 9.18 Å². The molecule has 0 fully saturated rings. The van der Waals surface area contributed by atoms with E-state index in [-0.39, 0.29) is 22.2 Å². The summed E-state index contributed by atoms with van der Waals surface area (Å²) in [7, 11) is 1.49. The summed E-state index contributed by atoms with van der Waals surface area (Å²) in [5.41, 5.74) is -1.42. The van der Waals surface area contributed by atoms with Gasteiger partial charge in [0.2, 0.25) is 0 Å². The van der Waals surface area contributed by atoms with E-state index in [0.29, 0.717) is 6.61 Å². The van der Waals surface area contributed by atoms with E-state index < -0.39 is 17.3 Å². The van der Waals surface area contributed by atoms with Gasteiger partial charge in [0.15, 0.2) is 0 Å². The minimum Gasteiger partial charge on any atom is -0.480 e. The van der Waals surface area contributed by atoms with Crippen LogP contribution in [0.2, 0.25) is 10.0 Å². The molecule has 0 aliphatic heterocycles. The fraction of sp³-hybridized carbons (Fsp3) is 0.417. The van der Waals surface area contributed by atoms with Crippen molar-refractivity contribution in [3.63, 3.8) is 0 Å². The van der Waals surface area contributed by atoms with Crippen LogP contribution < -0.4 is 5.32 Å². The molecule has 0 aliphatic rings. The number of rotatable bonds is 6. The first-order valence-electron chi connectivity index (χ1n) is 5.45. The molecular weight excluding hydrogens is 296 g/mol. The van der Waals surface area contributed by atoms with Gasteiger partial charge in [0, 0.05) is 24.2 Å². The number of aliphatic carboxylic acids is 1. The molecule has 0 spiro atoms. The third-order valence-corrected chi connectivity index (χ3v) is 3.36. The highest BCUT2D eigenvalue weighted by atomic mass is 35.5. The van der Waals surface area contributed by atoms with Gasteiger partial charge in [0.1, 0.15) is 11.4 Å². The summed E-state index contributed by atoms with van der Waals surface area (Å²) < 4.78 is 18.3. The Morgan fingerprint density at radius 1 is 1.47 bits per heavy atom. The van der Waals surface area contributed by atoms with Crippen molar-refractivity contribution in [2.75, 3.05) is 20.3 Å². The highest BCUT2D eigenvalue weighted by Crippen LogP contribution is 2.32. The molecule has 1 aromatic carbocycles. The second kappa shape index (κ2) is 6.52. The highest BCUT2D eigenvalue weighted by Gasteiger charge is 2.37. The van der Waals surface area contributed by atoms with Gasteiger partial charge in [-0.3, -0.25) is 5.32 Å². The van der Waals surface area contributed by atoms with Crippen molar-refractivity contribution in [1.29, 1.82) is 0 Å². The maximum Gasteiger partial charge on any atom is 0.328 e. The molecule has 106 valence electrons. The fourth-order valence-corrected chi connectivity index (χ4v) is 2.17. The number of hydrogen-bond donors (Lipinski definition) is 2. The Hall–Kier alpha value is -0.880. The first kappa shape index (κ1) is 16.2. The second-order valence-electron chi connectivity index (χ2n) is 4.10. The monoisotopic (exact) mass is 309 g/mol. The van der Waals surface area contributed by atoms with Crippen molar-refractivity contribution < 1.29 is 19.0 Å². The van der Waals surface area contributed by atoms with Crippen molar-refractivity contribution >= 4 is 29.2 Å². The van der Waals surface area contributed by atoms with Gasteiger partial charge < -0.3 is 9.84 Å². The molecule has 0 aliphatic carbocycles. The van der Waals surface area contributed by atoms with Crippen LogP contribution in [-0.2, 0) is 15.1 Å². The molecule has 4 nitrogen and oxygen atoms in total. The summed E-state index contributed by atoms with van der Waals surface area (Å²) >= 11 is 11.6. The average Bonchev–Trinajstić information content (AvgIpc) is 2.33. The minimum atomic E-state index is -1.53. The molecular formula is C12H14Cl2FNO3. The number of halogens is 3. The van der Waals surface area contributed by atoms with E-state index in [1.165, 1.54) is 20.1 Å². The maximum absolute atomic E-state index is 13.5. The zero-order valence-corrected chi connectivity index (χ0v) is 12.0. The van der Waals surface area contributed by atoms with E-state index >= 15 is 0 Å². The van der Waals surface area contributed by atoms with Gasteiger partial charge in [-0.2, -0.15) is 0 Å². The van der Waals surface area contributed by atoms with E-state index in [1.807, 2.05) is 0 Å². The van der Waals surface area contributed by atoms with Crippen LogP contribution in [0, 0.1) is 5.82 Å². The zero-order chi connectivity index (χ0) is 14.6. The van der Waals surface area contributed by atoms with E-state index in [0.717, 1.165) is 6.07 Å². The summed E-state index contributed by atoms with van der Waals surface area (Å²) in [5.74, 6) is -1.89. The Morgan fingerprint density at radius 3 is 2.63 bits per heavy atom. The van der Waals surface area contributed by atoms with Crippen LogP contribution in [0.25, 0.3) is 0 Å². The second-order valence-corrected chi connectivity index (χ2v) is 4.91. The number of carbonyl (C=O) groups is 1. The zero-order valence-electron chi connectivity index (χ0n) is 10.5. The van der Waals surface area contributed by atoms with E-state index in [4.69, 9.17) is 27.9 Å². The first-order valence-corrected chi connectivity index (χ1v) is 6.21. The summed E-state index contributed by atoms with van der Waals surface area (Å²) in [5, 5.41) is 12.1. The number of hydrogen-bond acceptors (Lipinski definition) is 3. The third-order valence-electron chi connectivity index (χ3n) is 2.76. The molecule has 0 amide bonds. The molecule has 19 heavy (non-hydrogen) atoms. The van der Waals surface area contributed by atoms with Gasteiger partial charge in [0.05, 0.1) is 11.6 Å². The van der Waals surface area contributed by atoms with Gasteiger partial charge in [-0.05, 0) is 19.1 Å². The molecule has 0 saturated carbocycles. The predicted octanol–water partition coefficient (Wildman–Crippen LogP) is 2.67. The highest BCUT2D eigenvalue weighted by molar-refractivity contribution is 6.35. The number of benzene rings is 1. The predicted molar refractivity (Wildman–Crippen MR) is 71.3 cm³/mol. The number of ether oxygens (including phenoxy) is 1. The van der Waals surface area contributed by atoms with Crippen LogP contribution in [0.4, 0.5) is 4.39 Å². The summed E-state index contributed by atoms with van der Waals surface area (Å²) in [4.78, 5) is 11.4. The minimum absolute atomic E-state index is 0.0845. The fourth-order valence-electron chi connectivity index (χ4n) is 1.59. The lowest BCUT2D eigenvalue weighted by molar-refractivity contribution is -0.144. The van der Waals surface area contributed by atoms with Crippen molar-refractivity contribution in [2.45, 2.75) is 12.5 Å². The van der Waals surface area contributed by atoms with E-state index in [1.54, 1.807) is 0 Å². The topological polar surface area (TPSA) is 58.6 Å². The largest absolute Gasteiger partial charge is 0.480 e. The lowest BCUT2D eigenvalue weighted by Gasteiger charge is -2.28. The molecule has 0 bridgehead atoms. The van der Waals surface area contributed by atoms with Crippen molar-refractivity contribution in [3.05, 3.63) is 33.6 Å². The Kier molecular flexibility index (Phi) is 5.55. The molecule has 1 rings (SSSR count). The normalized spacial score (nSPS) is 14.2. The molecule has 0 aromatic heterocycles. The lowest BCUT2D eigenvalue weighted by Crippen LogP contribution is -2.48. The molecule has 1 aromatic rings. The van der Waals surface area contributed by atoms with Gasteiger partial charge >= 0.3 is 5.97 Å². The lowest BCUT2D eigenvalue weighted by atomic mass is 9.91. The Morgan fingerprint density at radius 2 is 2.11 bits per heavy atom. The third kappa shape index (κ3) is 3.57. The Bertz CT molecular complexity index is 484. The quantitative estimate of drug-likeness (QED) is 0.626. The van der Waals surface area contributed by atoms with Crippen molar-refractivity contribution in [1.82, 2.24) is 5.32 Å². The van der Waals surface area contributed by atoms with Gasteiger partial charge in [0.25, 0.3) is 0 Å². The van der Waals surface area contributed by atoms with Crippen LogP contribution in [-0.4, -0.2) is 31.3 Å². The van der Waals surface area contributed by atoms with Crippen molar-refractivity contribution in [2.24, 2.45) is 0 Å². The summed E-state index contributed by atoms with van der Waals surface area (Å²) in [6, 6.07) is 2.21. The molecule has 0 heterocycles. The van der Waals surface area contributed by atoms with E-state index in [2.05, 4.69) is 5.32 Å². The average molecular weight is 310 g/mol. The first-order chi connectivity index (χ1) is 8.82. The summed E-state index contributed by atoms with van der Waals surface area (Å²) in [6.07, 6.45) is 0. The van der Waals surface area contributed by atoms with Crippen LogP contribution in [0.15, 0.2) is 12.1 Å². The van der Waals surface area contributed by atoms with Gasteiger partial charge in [-0.15, -0.1) is 0 Å².